The quantitative estimate of drug-likeness (QED) is 0.878. The van der Waals surface area contributed by atoms with Crippen LogP contribution in [-0.4, -0.2) is 35.7 Å². The minimum absolute atomic E-state index is 0.0219. The van der Waals surface area contributed by atoms with Crippen LogP contribution in [0.5, 0.6) is 0 Å². The smallest absolute Gasteiger partial charge is 0.321 e. The summed E-state index contributed by atoms with van der Waals surface area (Å²) in [7, 11) is 0. The summed E-state index contributed by atoms with van der Waals surface area (Å²) >= 11 is 3.35. The van der Waals surface area contributed by atoms with Gasteiger partial charge in [-0.3, -0.25) is 0 Å². The van der Waals surface area contributed by atoms with Gasteiger partial charge in [0.1, 0.15) is 0 Å². The summed E-state index contributed by atoms with van der Waals surface area (Å²) < 4.78 is 0.916. The maximum Gasteiger partial charge on any atom is 0.321 e. The first-order valence-electron chi connectivity index (χ1n) is 5.59. The molecule has 2 amide bonds. The fourth-order valence-corrected chi connectivity index (χ4v) is 1.87. The van der Waals surface area contributed by atoms with Crippen molar-refractivity contribution in [1.29, 1.82) is 0 Å². The molecule has 0 bridgehead atoms. The minimum Gasteiger partial charge on any atom is -0.395 e. The summed E-state index contributed by atoms with van der Waals surface area (Å²) in [5, 5.41) is 11.7. The predicted molar refractivity (Wildman–Crippen MR) is 72.1 cm³/mol. The zero-order valence-electron chi connectivity index (χ0n) is 9.82. The van der Waals surface area contributed by atoms with Gasteiger partial charge in [-0.25, -0.2) is 4.79 Å². The number of carbonyl (C=O) groups excluding carboxylic acids is 1. The van der Waals surface area contributed by atoms with E-state index in [9.17, 15) is 4.79 Å². The first kappa shape index (κ1) is 14.0. The van der Waals surface area contributed by atoms with Crippen LogP contribution in [0.25, 0.3) is 0 Å². The fraction of sp³-hybridized carbons (Fsp3) is 0.417. The molecule has 0 radical (unpaired) electrons. The summed E-state index contributed by atoms with van der Waals surface area (Å²) in [6.07, 6.45) is 0.867. The van der Waals surface area contributed by atoms with Crippen LogP contribution in [0.4, 0.5) is 10.5 Å². The first-order chi connectivity index (χ1) is 8.17. The maximum atomic E-state index is 11.9. The van der Waals surface area contributed by atoms with Crippen molar-refractivity contribution in [3.05, 3.63) is 28.7 Å². The summed E-state index contributed by atoms with van der Waals surface area (Å²) in [6.45, 7) is 2.97. The average molecular weight is 301 g/mol. The molecule has 1 aromatic rings. The molecule has 0 aliphatic rings. The van der Waals surface area contributed by atoms with Crippen LogP contribution in [0.15, 0.2) is 28.7 Å². The van der Waals surface area contributed by atoms with E-state index in [2.05, 4.69) is 21.2 Å². The number of aliphatic hydroxyl groups is 1. The highest BCUT2D eigenvalue weighted by Gasteiger charge is 2.11. The Morgan fingerprint density at radius 2 is 2.24 bits per heavy atom. The van der Waals surface area contributed by atoms with E-state index < -0.39 is 0 Å². The molecule has 4 nitrogen and oxygen atoms in total. The Bertz CT molecular complexity index is 365. The number of carbonyl (C=O) groups is 1. The van der Waals surface area contributed by atoms with Crippen LogP contribution >= 0.6 is 15.9 Å². The number of rotatable bonds is 5. The van der Waals surface area contributed by atoms with Crippen molar-refractivity contribution in [2.24, 2.45) is 0 Å². The summed E-state index contributed by atoms with van der Waals surface area (Å²) in [5.74, 6) is 0. The van der Waals surface area contributed by atoms with Gasteiger partial charge in [-0.05, 0) is 24.6 Å². The molecule has 0 unspecified atom stereocenters. The Labute approximate surface area is 110 Å². The Hall–Kier alpha value is -1.07. The van der Waals surface area contributed by atoms with Crippen LogP contribution in [-0.2, 0) is 0 Å². The lowest BCUT2D eigenvalue weighted by Crippen LogP contribution is -2.37. The van der Waals surface area contributed by atoms with Crippen LogP contribution in [0, 0.1) is 0 Å². The largest absolute Gasteiger partial charge is 0.395 e. The van der Waals surface area contributed by atoms with E-state index in [-0.39, 0.29) is 12.6 Å². The third kappa shape index (κ3) is 4.75. The van der Waals surface area contributed by atoms with Gasteiger partial charge < -0.3 is 15.3 Å². The van der Waals surface area contributed by atoms with E-state index in [0.717, 1.165) is 16.6 Å². The van der Waals surface area contributed by atoms with E-state index in [1.165, 1.54) is 0 Å². The molecule has 17 heavy (non-hydrogen) atoms. The van der Waals surface area contributed by atoms with Crippen molar-refractivity contribution in [1.82, 2.24) is 4.90 Å². The topological polar surface area (TPSA) is 52.6 Å². The molecule has 0 spiro atoms. The van der Waals surface area contributed by atoms with Crippen LogP contribution < -0.4 is 5.32 Å². The number of benzene rings is 1. The number of nitrogens with zero attached hydrogens (tertiary/aromatic N) is 1. The summed E-state index contributed by atoms with van der Waals surface area (Å²) in [5.41, 5.74) is 0.739. The molecule has 0 aliphatic heterocycles. The Morgan fingerprint density at radius 3 is 2.82 bits per heavy atom. The zero-order valence-corrected chi connectivity index (χ0v) is 11.4. The molecule has 0 saturated carbocycles. The number of hydrogen-bond acceptors (Lipinski definition) is 2. The highest BCUT2D eigenvalue weighted by molar-refractivity contribution is 9.10. The highest BCUT2D eigenvalue weighted by Crippen LogP contribution is 2.16. The molecule has 5 heteroatoms. The third-order valence-electron chi connectivity index (χ3n) is 2.23. The molecule has 0 aromatic heterocycles. The molecule has 1 rings (SSSR count). The molecule has 0 aliphatic carbocycles. The van der Waals surface area contributed by atoms with Crippen LogP contribution in [0.1, 0.15) is 13.3 Å². The third-order valence-corrected chi connectivity index (χ3v) is 2.72. The summed E-state index contributed by atoms with van der Waals surface area (Å²) in [6, 6.07) is 7.23. The SMILES string of the molecule is CCCN(CCO)C(=O)Nc1cccc(Br)c1. The maximum absolute atomic E-state index is 11.9. The zero-order chi connectivity index (χ0) is 12.7. The van der Waals surface area contributed by atoms with Crippen LogP contribution in [0.3, 0.4) is 0 Å². The van der Waals surface area contributed by atoms with Crippen molar-refractivity contribution < 1.29 is 9.90 Å². The lowest BCUT2D eigenvalue weighted by Gasteiger charge is -2.21. The Morgan fingerprint density at radius 1 is 1.47 bits per heavy atom. The van der Waals surface area contributed by atoms with Crippen molar-refractivity contribution in [2.75, 3.05) is 25.0 Å². The molecule has 2 N–H and O–H groups in total. The van der Waals surface area contributed by atoms with Gasteiger partial charge >= 0.3 is 6.03 Å². The number of urea groups is 1. The number of aliphatic hydroxyl groups excluding tert-OH is 1. The van der Waals surface area contributed by atoms with Gasteiger partial charge in [0.25, 0.3) is 0 Å². The van der Waals surface area contributed by atoms with Crippen molar-refractivity contribution >= 4 is 27.6 Å². The molecule has 1 aromatic carbocycles. The number of amides is 2. The minimum atomic E-state index is -0.181. The van der Waals surface area contributed by atoms with Gasteiger partial charge in [-0.1, -0.05) is 28.9 Å². The van der Waals surface area contributed by atoms with Gasteiger partial charge in [0, 0.05) is 23.2 Å². The van der Waals surface area contributed by atoms with E-state index in [1.807, 2.05) is 31.2 Å². The molecule has 0 saturated heterocycles. The molecule has 0 fully saturated rings. The number of anilines is 1. The van der Waals surface area contributed by atoms with E-state index in [4.69, 9.17) is 5.11 Å². The van der Waals surface area contributed by atoms with E-state index >= 15 is 0 Å². The number of halogens is 1. The number of hydrogen-bond donors (Lipinski definition) is 2. The molecular weight excluding hydrogens is 284 g/mol. The standard InChI is InChI=1S/C12H17BrN2O2/c1-2-6-15(7-8-16)12(17)14-11-5-3-4-10(13)9-11/h3-5,9,16H,2,6-8H2,1H3,(H,14,17). The van der Waals surface area contributed by atoms with Gasteiger partial charge in [-0.2, -0.15) is 0 Å². The molecule has 0 heterocycles. The fourth-order valence-electron chi connectivity index (χ4n) is 1.47. The lowest BCUT2D eigenvalue weighted by molar-refractivity contribution is 0.188. The second-order valence-corrected chi connectivity index (χ2v) is 4.57. The van der Waals surface area contributed by atoms with E-state index in [0.29, 0.717) is 13.1 Å². The van der Waals surface area contributed by atoms with Gasteiger partial charge in [0.15, 0.2) is 0 Å². The molecule has 0 atom stereocenters. The van der Waals surface area contributed by atoms with Crippen molar-refractivity contribution in [3.8, 4) is 0 Å². The Kier molecular flexibility index (Phi) is 6.00. The monoisotopic (exact) mass is 300 g/mol. The molecular formula is C12H17BrN2O2. The Balaban J connectivity index is 2.62. The molecule has 94 valence electrons. The van der Waals surface area contributed by atoms with Gasteiger partial charge in [0.05, 0.1) is 6.61 Å². The second kappa shape index (κ2) is 7.29. The highest BCUT2D eigenvalue weighted by atomic mass is 79.9. The van der Waals surface area contributed by atoms with Crippen LogP contribution in [0.2, 0.25) is 0 Å². The normalized spacial score (nSPS) is 10.1. The second-order valence-electron chi connectivity index (χ2n) is 3.65. The lowest BCUT2D eigenvalue weighted by atomic mass is 10.3. The van der Waals surface area contributed by atoms with Gasteiger partial charge in [-0.15, -0.1) is 0 Å². The van der Waals surface area contributed by atoms with Gasteiger partial charge in [0.2, 0.25) is 0 Å². The summed E-state index contributed by atoms with van der Waals surface area (Å²) in [4.78, 5) is 13.5. The average Bonchev–Trinajstić information content (AvgIpc) is 2.28. The van der Waals surface area contributed by atoms with Crippen molar-refractivity contribution in [2.45, 2.75) is 13.3 Å². The number of nitrogens with one attached hydrogen (secondary N) is 1. The van der Waals surface area contributed by atoms with E-state index in [1.54, 1.807) is 4.90 Å². The van der Waals surface area contributed by atoms with Crippen molar-refractivity contribution in [3.63, 3.8) is 0 Å². The first-order valence-corrected chi connectivity index (χ1v) is 6.39. The predicted octanol–water partition coefficient (Wildman–Crippen LogP) is 2.69.